The average molecular weight is 357 g/mol. The molecular formula is C16H21ClN2O5. The molecule has 0 bridgehead atoms. The third kappa shape index (κ3) is 4.50. The number of halogens is 1. The number of amides is 1. The lowest BCUT2D eigenvalue weighted by Crippen LogP contribution is -2.55. The number of aromatic nitrogens is 1. The minimum atomic E-state index is -0.586. The minimum absolute atomic E-state index is 0.0493. The number of likely N-dealkylation sites (tertiary alicyclic amines) is 1. The first-order valence-electron chi connectivity index (χ1n) is 7.57. The molecule has 0 N–H and O–H groups in total. The van der Waals surface area contributed by atoms with E-state index in [1.165, 1.54) is 19.4 Å². The van der Waals surface area contributed by atoms with E-state index in [0.717, 1.165) is 6.42 Å². The van der Waals surface area contributed by atoms with Gasteiger partial charge in [-0.25, -0.2) is 14.6 Å². The summed E-state index contributed by atoms with van der Waals surface area (Å²) >= 11 is 5.86. The predicted octanol–water partition coefficient (Wildman–Crippen LogP) is 2.91. The predicted molar refractivity (Wildman–Crippen MR) is 87.4 cm³/mol. The number of hydrogen-bond donors (Lipinski definition) is 0. The Labute approximate surface area is 145 Å². The van der Waals surface area contributed by atoms with E-state index < -0.39 is 11.6 Å². The van der Waals surface area contributed by atoms with Crippen LogP contribution in [0, 0.1) is 0 Å². The van der Waals surface area contributed by atoms with Crippen LogP contribution in [0.5, 0.6) is 5.75 Å². The van der Waals surface area contributed by atoms with Crippen LogP contribution in [-0.2, 0) is 9.47 Å². The zero-order valence-electron chi connectivity index (χ0n) is 14.2. The summed E-state index contributed by atoms with van der Waals surface area (Å²) in [5, 5.41) is 0.0493. The van der Waals surface area contributed by atoms with Crippen LogP contribution in [-0.4, -0.2) is 53.9 Å². The fourth-order valence-electron chi connectivity index (χ4n) is 2.13. The lowest BCUT2D eigenvalue weighted by atomic mass is 10.1. The third-order valence-electron chi connectivity index (χ3n) is 3.43. The molecule has 1 amide bonds. The minimum Gasteiger partial charge on any atom is -0.490 e. The molecular weight excluding hydrogens is 336 g/mol. The van der Waals surface area contributed by atoms with Crippen molar-refractivity contribution < 1.29 is 23.8 Å². The number of carbonyl (C=O) groups is 2. The molecule has 2 heterocycles. The smallest absolute Gasteiger partial charge is 0.410 e. The van der Waals surface area contributed by atoms with E-state index in [2.05, 4.69) is 9.72 Å². The number of pyridine rings is 1. The first kappa shape index (κ1) is 18.3. The normalized spacial score (nSPS) is 17.0. The highest BCUT2D eigenvalue weighted by Crippen LogP contribution is 2.24. The number of ether oxygens (including phenoxy) is 3. The molecule has 1 fully saturated rings. The van der Waals surface area contributed by atoms with Gasteiger partial charge < -0.3 is 19.1 Å². The number of hydrogen-bond acceptors (Lipinski definition) is 6. The van der Waals surface area contributed by atoms with Crippen molar-refractivity contribution >= 4 is 23.7 Å². The molecule has 0 spiro atoms. The zero-order valence-corrected chi connectivity index (χ0v) is 14.9. The molecule has 1 aromatic rings. The maximum absolute atomic E-state index is 12.0. The molecule has 7 nitrogen and oxygen atoms in total. The standard InChI is InChI=1S/C16H21ClN2O5/c1-16(2,3)24-15(21)19-6-5-10(19)9-23-11-7-12(14(20)22-4)13(17)18-8-11/h7-8,10H,5-6,9H2,1-4H3. The highest BCUT2D eigenvalue weighted by molar-refractivity contribution is 6.32. The second kappa shape index (κ2) is 7.25. The summed E-state index contributed by atoms with van der Waals surface area (Å²) in [6, 6.07) is 1.40. The first-order chi connectivity index (χ1) is 11.2. The lowest BCUT2D eigenvalue weighted by Gasteiger charge is -2.40. The van der Waals surface area contributed by atoms with Gasteiger partial charge in [0.15, 0.2) is 0 Å². The zero-order chi connectivity index (χ0) is 17.9. The molecule has 1 unspecified atom stereocenters. The quantitative estimate of drug-likeness (QED) is 0.609. The van der Waals surface area contributed by atoms with Crippen LogP contribution in [0.2, 0.25) is 5.15 Å². The summed E-state index contributed by atoms with van der Waals surface area (Å²) in [6.07, 6.45) is 1.89. The van der Waals surface area contributed by atoms with Crippen LogP contribution in [0.25, 0.3) is 0 Å². The van der Waals surface area contributed by atoms with E-state index in [4.69, 9.17) is 21.1 Å². The van der Waals surface area contributed by atoms with Gasteiger partial charge in [-0.3, -0.25) is 0 Å². The van der Waals surface area contributed by atoms with Crippen LogP contribution < -0.4 is 4.74 Å². The van der Waals surface area contributed by atoms with Gasteiger partial charge in [0, 0.05) is 6.54 Å². The lowest BCUT2D eigenvalue weighted by molar-refractivity contribution is -0.0141. The molecule has 1 saturated heterocycles. The Morgan fingerprint density at radius 3 is 2.67 bits per heavy atom. The van der Waals surface area contributed by atoms with Gasteiger partial charge >= 0.3 is 12.1 Å². The van der Waals surface area contributed by atoms with Gasteiger partial charge in [0.05, 0.1) is 19.3 Å². The Morgan fingerprint density at radius 2 is 2.12 bits per heavy atom. The highest BCUT2D eigenvalue weighted by atomic mass is 35.5. The van der Waals surface area contributed by atoms with E-state index >= 15 is 0 Å². The molecule has 2 rings (SSSR count). The molecule has 1 aliphatic heterocycles. The molecule has 0 saturated carbocycles. The molecule has 132 valence electrons. The Hall–Kier alpha value is -2.02. The second-order valence-corrected chi connectivity index (χ2v) is 6.79. The molecule has 0 aliphatic carbocycles. The molecule has 24 heavy (non-hydrogen) atoms. The van der Waals surface area contributed by atoms with Crippen molar-refractivity contribution in [2.24, 2.45) is 0 Å². The maximum Gasteiger partial charge on any atom is 0.410 e. The van der Waals surface area contributed by atoms with Gasteiger partial charge in [0.1, 0.15) is 28.7 Å². The maximum atomic E-state index is 12.0. The van der Waals surface area contributed by atoms with Gasteiger partial charge in [-0.2, -0.15) is 0 Å². The number of carbonyl (C=O) groups excluding carboxylic acids is 2. The van der Waals surface area contributed by atoms with Crippen LogP contribution in [0.4, 0.5) is 4.79 Å². The second-order valence-electron chi connectivity index (χ2n) is 6.43. The Bertz CT molecular complexity index is 629. The Morgan fingerprint density at radius 1 is 1.42 bits per heavy atom. The summed E-state index contributed by atoms with van der Waals surface area (Å²) in [7, 11) is 1.26. The van der Waals surface area contributed by atoms with Crippen LogP contribution in [0.1, 0.15) is 37.6 Å². The van der Waals surface area contributed by atoms with Crippen molar-refractivity contribution in [3.8, 4) is 5.75 Å². The van der Waals surface area contributed by atoms with E-state index in [1.54, 1.807) is 4.90 Å². The first-order valence-corrected chi connectivity index (χ1v) is 7.95. The highest BCUT2D eigenvalue weighted by Gasteiger charge is 2.35. The average Bonchev–Trinajstić information content (AvgIpc) is 2.45. The largest absolute Gasteiger partial charge is 0.490 e. The summed E-state index contributed by atoms with van der Waals surface area (Å²) in [5.74, 6) is -0.201. The SMILES string of the molecule is COC(=O)c1cc(OCC2CCN2C(=O)OC(C)(C)C)cnc1Cl. The summed E-state index contributed by atoms with van der Waals surface area (Å²) < 4.78 is 15.6. The van der Waals surface area contributed by atoms with Gasteiger partial charge in [0.25, 0.3) is 0 Å². The fraction of sp³-hybridized carbons (Fsp3) is 0.562. The number of nitrogens with zero attached hydrogens (tertiary/aromatic N) is 2. The molecule has 1 atom stereocenters. The molecule has 0 aromatic carbocycles. The monoisotopic (exact) mass is 356 g/mol. The van der Waals surface area contributed by atoms with Crippen LogP contribution in [0.3, 0.4) is 0 Å². The van der Waals surface area contributed by atoms with Crippen molar-refractivity contribution in [2.45, 2.75) is 38.8 Å². The topological polar surface area (TPSA) is 78.0 Å². The van der Waals surface area contributed by atoms with Gasteiger partial charge in [-0.1, -0.05) is 11.6 Å². The van der Waals surface area contributed by atoms with Crippen LogP contribution >= 0.6 is 11.6 Å². The van der Waals surface area contributed by atoms with Crippen molar-refractivity contribution in [1.29, 1.82) is 0 Å². The Kier molecular flexibility index (Phi) is 5.54. The van der Waals surface area contributed by atoms with E-state index in [-0.39, 0.29) is 29.5 Å². The summed E-state index contributed by atoms with van der Waals surface area (Å²) in [4.78, 5) is 29.2. The molecule has 1 aliphatic rings. The van der Waals surface area contributed by atoms with Gasteiger partial charge in [0.2, 0.25) is 0 Å². The van der Waals surface area contributed by atoms with Crippen molar-refractivity contribution in [3.05, 3.63) is 23.0 Å². The number of rotatable bonds is 4. The van der Waals surface area contributed by atoms with Crippen molar-refractivity contribution in [1.82, 2.24) is 9.88 Å². The van der Waals surface area contributed by atoms with Gasteiger partial charge in [-0.05, 0) is 33.3 Å². The summed E-state index contributed by atoms with van der Waals surface area (Å²) in [5.41, 5.74) is -0.401. The fourth-order valence-corrected chi connectivity index (χ4v) is 2.31. The van der Waals surface area contributed by atoms with Crippen molar-refractivity contribution in [3.63, 3.8) is 0 Å². The van der Waals surface area contributed by atoms with E-state index in [1.807, 2.05) is 20.8 Å². The molecule has 1 aromatic heterocycles. The van der Waals surface area contributed by atoms with Crippen LogP contribution in [0.15, 0.2) is 12.3 Å². The third-order valence-corrected chi connectivity index (χ3v) is 3.73. The summed E-state index contributed by atoms with van der Waals surface area (Å²) in [6.45, 7) is 6.39. The van der Waals surface area contributed by atoms with Gasteiger partial charge in [-0.15, -0.1) is 0 Å². The molecule has 8 heteroatoms. The van der Waals surface area contributed by atoms with E-state index in [0.29, 0.717) is 12.3 Å². The van der Waals surface area contributed by atoms with E-state index in [9.17, 15) is 9.59 Å². The van der Waals surface area contributed by atoms with Crippen molar-refractivity contribution in [2.75, 3.05) is 20.3 Å². The number of methoxy groups -OCH3 is 1. The molecule has 0 radical (unpaired) electrons. The Balaban J connectivity index is 1.94. The number of esters is 1.